The summed E-state index contributed by atoms with van der Waals surface area (Å²) in [4.78, 5) is 20.6. The predicted octanol–water partition coefficient (Wildman–Crippen LogP) is 1.74. The molecule has 0 aromatic heterocycles. The van der Waals surface area contributed by atoms with Crippen LogP contribution in [0.15, 0.2) is 18.2 Å². The van der Waals surface area contributed by atoms with Crippen molar-refractivity contribution in [3.05, 3.63) is 39.4 Å². The Morgan fingerprint density at radius 1 is 1.56 bits per heavy atom. The second-order valence-electron chi connectivity index (χ2n) is 3.26. The molecule has 86 valence electrons. The highest BCUT2D eigenvalue weighted by atomic mass is 16.6. The largest absolute Gasteiger partial charge is 0.477 e. The average molecular weight is 225 g/mol. The number of carboxylic acid groups (broad SMARTS) is 1. The maximum Gasteiger partial charge on any atom is 0.342 e. The number of aromatic carboxylic acids is 1. The Bertz CT molecular complexity index is 429. The number of nitrogens with zero attached hydrogens (tertiary/aromatic N) is 1. The number of nitro groups is 1. The van der Waals surface area contributed by atoms with Gasteiger partial charge in [0.2, 0.25) is 0 Å². The summed E-state index contributed by atoms with van der Waals surface area (Å²) in [6.07, 6.45) is -0.412. The van der Waals surface area contributed by atoms with Crippen LogP contribution >= 0.6 is 0 Å². The van der Waals surface area contributed by atoms with Gasteiger partial charge >= 0.3 is 5.97 Å². The Morgan fingerprint density at radius 3 is 2.62 bits per heavy atom. The smallest absolute Gasteiger partial charge is 0.342 e. The third-order valence-electron chi connectivity index (χ3n) is 2.22. The lowest BCUT2D eigenvalue weighted by atomic mass is 10.0. The van der Waals surface area contributed by atoms with E-state index in [-0.39, 0.29) is 5.56 Å². The van der Waals surface area contributed by atoms with E-state index in [0.29, 0.717) is 12.0 Å². The van der Waals surface area contributed by atoms with E-state index in [9.17, 15) is 20.0 Å². The van der Waals surface area contributed by atoms with Crippen molar-refractivity contribution in [2.75, 3.05) is 0 Å². The van der Waals surface area contributed by atoms with Crippen molar-refractivity contribution in [3.63, 3.8) is 0 Å². The standard InChI is InChI=1S/C10H11NO5/c1-2-9(12)6-3-4-7(10(13)14)8(5-6)11(15)16/h3-5,9,12H,2H2,1H3,(H,13,14)/t9-/m0/s1. The maximum atomic E-state index is 10.7. The van der Waals surface area contributed by atoms with Gasteiger partial charge in [0.25, 0.3) is 5.69 Å². The molecule has 6 nitrogen and oxygen atoms in total. The SMILES string of the molecule is CC[C@H](O)c1ccc(C(=O)O)c([N+](=O)[O-])c1. The van der Waals surface area contributed by atoms with Crippen molar-refractivity contribution in [1.82, 2.24) is 0 Å². The minimum absolute atomic E-state index is 0.346. The zero-order chi connectivity index (χ0) is 12.3. The number of nitro benzene ring substituents is 1. The highest BCUT2D eigenvalue weighted by molar-refractivity contribution is 5.92. The molecule has 0 aliphatic rings. The summed E-state index contributed by atoms with van der Waals surface area (Å²) >= 11 is 0. The highest BCUT2D eigenvalue weighted by Gasteiger charge is 2.21. The molecule has 2 N–H and O–H groups in total. The van der Waals surface area contributed by atoms with Crippen molar-refractivity contribution in [3.8, 4) is 0 Å². The molecule has 6 heteroatoms. The third-order valence-corrected chi connectivity index (χ3v) is 2.22. The number of carbonyl (C=O) groups is 1. The number of rotatable bonds is 4. The van der Waals surface area contributed by atoms with Crippen molar-refractivity contribution in [2.45, 2.75) is 19.4 Å². The van der Waals surface area contributed by atoms with E-state index >= 15 is 0 Å². The summed E-state index contributed by atoms with van der Waals surface area (Å²) in [5.41, 5.74) is -0.534. The average Bonchev–Trinajstić information content (AvgIpc) is 2.26. The van der Waals surface area contributed by atoms with E-state index in [4.69, 9.17) is 5.11 Å². The van der Waals surface area contributed by atoms with Crippen LogP contribution in [0.1, 0.15) is 35.4 Å². The van der Waals surface area contributed by atoms with Gasteiger partial charge in [-0.25, -0.2) is 4.79 Å². The van der Waals surface area contributed by atoms with Crippen LogP contribution in [0.3, 0.4) is 0 Å². The Labute approximate surface area is 91.3 Å². The van der Waals surface area contributed by atoms with Crippen LogP contribution in [0, 0.1) is 10.1 Å². The van der Waals surface area contributed by atoms with Crippen molar-refractivity contribution < 1.29 is 19.9 Å². The zero-order valence-electron chi connectivity index (χ0n) is 8.58. The fraction of sp³-hybridized carbons (Fsp3) is 0.300. The van der Waals surface area contributed by atoms with E-state index in [1.807, 2.05) is 0 Å². The van der Waals surface area contributed by atoms with E-state index in [1.54, 1.807) is 6.92 Å². The van der Waals surface area contributed by atoms with Gasteiger partial charge in [-0.1, -0.05) is 13.0 Å². The van der Waals surface area contributed by atoms with Crippen LogP contribution in [0.5, 0.6) is 0 Å². The molecule has 0 heterocycles. The summed E-state index contributed by atoms with van der Waals surface area (Å²) < 4.78 is 0. The number of aliphatic hydroxyl groups is 1. The summed E-state index contributed by atoms with van der Waals surface area (Å²) in [6, 6.07) is 3.61. The fourth-order valence-electron chi connectivity index (χ4n) is 1.32. The molecule has 1 aromatic carbocycles. The van der Waals surface area contributed by atoms with Crippen LogP contribution < -0.4 is 0 Å². The normalized spacial score (nSPS) is 12.1. The molecule has 0 radical (unpaired) electrons. The molecule has 0 unspecified atom stereocenters. The first-order chi connectivity index (χ1) is 7.47. The monoisotopic (exact) mass is 225 g/mol. The second kappa shape index (κ2) is 4.71. The van der Waals surface area contributed by atoms with Crippen LogP contribution in [-0.4, -0.2) is 21.1 Å². The number of carboxylic acids is 1. The molecule has 0 spiro atoms. The van der Waals surface area contributed by atoms with Gasteiger partial charge < -0.3 is 10.2 Å². The predicted molar refractivity (Wildman–Crippen MR) is 55.3 cm³/mol. The van der Waals surface area contributed by atoms with Crippen LogP contribution in [0.2, 0.25) is 0 Å². The quantitative estimate of drug-likeness (QED) is 0.600. The minimum atomic E-state index is -1.36. The Morgan fingerprint density at radius 2 is 2.19 bits per heavy atom. The molecule has 0 saturated carbocycles. The molecular weight excluding hydrogens is 214 g/mol. The topological polar surface area (TPSA) is 101 Å². The number of hydrogen-bond donors (Lipinski definition) is 2. The molecule has 16 heavy (non-hydrogen) atoms. The Kier molecular flexibility index (Phi) is 3.57. The van der Waals surface area contributed by atoms with Gasteiger partial charge in [-0.3, -0.25) is 10.1 Å². The van der Waals surface area contributed by atoms with E-state index in [1.165, 1.54) is 6.07 Å². The molecule has 0 fully saturated rings. The van der Waals surface area contributed by atoms with E-state index in [2.05, 4.69) is 0 Å². The van der Waals surface area contributed by atoms with Gasteiger partial charge in [-0.15, -0.1) is 0 Å². The molecule has 1 aromatic rings. The Balaban J connectivity index is 3.28. The first-order valence-corrected chi connectivity index (χ1v) is 4.67. The van der Waals surface area contributed by atoms with Gasteiger partial charge in [0.05, 0.1) is 11.0 Å². The molecule has 0 saturated heterocycles. The number of aliphatic hydroxyl groups excluding tert-OH is 1. The summed E-state index contributed by atoms with van der Waals surface area (Å²) in [6.45, 7) is 1.72. The lowest BCUT2D eigenvalue weighted by Crippen LogP contribution is -2.05. The number of benzene rings is 1. The molecule has 0 bridgehead atoms. The van der Waals surface area contributed by atoms with Gasteiger partial charge in [0.1, 0.15) is 5.56 Å². The molecule has 0 aliphatic heterocycles. The van der Waals surface area contributed by atoms with E-state index < -0.39 is 22.7 Å². The first kappa shape index (κ1) is 12.1. The van der Waals surface area contributed by atoms with Gasteiger partial charge in [0.15, 0.2) is 0 Å². The lowest BCUT2D eigenvalue weighted by molar-refractivity contribution is -0.385. The van der Waals surface area contributed by atoms with Crippen molar-refractivity contribution in [1.29, 1.82) is 0 Å². The van der Waals surface area contributed by atoms with Crippen LogP contribution in [-0.2, 0) is 0 Å². The number of hydrogen-bond acceptors (Lipinski definition) is 4. The van der Waals surface area contributed by atoms with Gasteiger partial charge in [0, 0.05) is 6.07 Å². The molecular formula is C10H11NO5. The summed E-state index contributed by atoms with van der Waals surface area (Å²) in [7, 11) is 0. The van der Waals surface area contributed by atoms with Gasteiger partial charge in [-0.05, 0) is 18.1 Å². The fourth-order valence-corrected chi connectivity index (χ4v) is 1.32. The Hall–Kier alpha value is -1.95. The second-order valence-corrected chi connectivity index (χ2v) is 3.26. The summed E-state index contributed by atoms with van der Waals surface area (Å²) in [5, 5.41) is 28.9. The first-order valence-electron chi connectivity index (χ1n) is 4.67. The molecule has 0 amide bonds. The molecule has 1 atom stereocenters. The minimum Gasteiger partial charge on any atom is -0.477 e. The van der Waals surface area contributed by atoms with Crippen molar-refractivity contribution >= 4 is 11.7 Å². The highest BCUT2D eigenvalue weighted by Crippen LogP contribution is 2.25. The van der Waals surface area contributed by atoms with Crippen LogP contribution in [0.25, 0.3) is 0 Å². The molecule has 0 aliphatic carbocycles. The third kappa shape index (κ3) is 2.34. The maximum absolute atomic E-state index is 10.7. The van der Waals surface area contributed by atoms with E-state index in [0.717, 1.165) is 12.1 Å². The van der Waals surface area contributed by atoms with Crippen molar-refractivity contribution in [2.24, 2.45) is 0 Å². The molecule has 1 rings (SSSR count). The lowest BCUT2D eigenvalue weighted by Gasteiger charge is -2.08. The van der Waals surface area contributed by atoms with Gasteiger partial charge in [-0.2, -0.15) is 0 Å². The summed E-state index contributed by atoms with van der Waals surface area (Å²) in [5.74, 6) is -1.36. The zero-order valence-corrected chi connectivity index (χ0v) is 8.58. The van der Waals surface area contributed by atoms with Crippen LogP contribution in [0.4, 0.5) is 5.69 Å².